The number of hydrogen-bond donors (Lipinski definition) is 2. The summed E-state index contributed by atoms with van der Waals surface area (Å²) < 4.78 is 0. The van der Waals surface area contributed by atoms with Crippen molar-refractivity contribution in [2.75, 3.05) is 7.05 Å². The van der Waals surface area contributed by atoms with E-state index in [0.29, 0.717) is 6.42 Å². The van der Waals surface area contributed by atoms with Gasteiger partial charge in [0.15, 0.2) is 0 Å². The van der Waals surface area contributed by atoms with Crippen molar-refractivity contribution in [2.24, 2.45) is 5.92 Å². The molecule has 0 unspecified atom stereocenters. The monoisotopic (exact) mass is 184 g/mol. The Bertz CT molecular complexity index is 153. The first kappa shape index (κ1) is 10.5. The zero-order valence-corrected chi connectivity index (χ0v) is 8.44. The van der Waals surface area contributed by atoms with Gasteiger partial charge in [0.25, 0.3) is 0 Å². The normalized spacial score (nSPS) is 18.5. The van der Waals surface area contributed by atoms with Crippen LogP contribution in [0.1, 0.15) is 44.9 Å². The van der Waals surface area contributed by atoms with Gasteiger partial charge in [-0.2, -0.15) is 0 Å². The molecule has 0 aromatic heterocycles. The lowest BCUT2D eigenvalue weighted by Gasteiger charge is -2.20. The van der Waals surface area contributed by atoms with Crippen molar-refractivity contribution in [1.82, 2.24) is 10.9 Å². The highest BCUT2D eigenvalue weighted by atomic mass is 16.2. The fourth-order valence-electron chi connectivity index (χ4n) is 2.01. The van der Waals surface area contributed by atoms with Gasteiger partial charge in [0.2, 0.25) is 5.91 Å². The highest BCUT2D eigenvalue weighted by molar-refractivity contribution is 5.75. The van der Waals surface area contributed by atoms with Gasteiger partial charge in [-0.25, -0.2) is 5.43 Å². The van der Waals surface area contributed by atoms with Crippen LogP contribution in [-0.4, -0.2) is 13.0 Å². The second kappa shape index (κ2) is 5.97. The van der Waals surface area contributed by atoms with Crippen LogP contribution in [0.3, 0.4) is 0 Å². The minimum absolute atomic E-state index is 0.119. The smallest absolute Gasteiger partial charge is 0.234 e. The number of amides is 1. The largest absolute Gasteiger partial charge is 0.292 e. The second-order valence-electron chi connectivity index (χ2n) is 3.84. The molecule has 2 N–H and O–H groups in total. The van der Waals surface area contributed by atoms with E-state index in [1.807, 2.05) is 0 Å². The number of hydrazine groups is 1. The summed E-state index contributed by atoms with van der Waals surface area (Å²) in [5.41, 5.74) is 5.25. The molecule has 1 fully saturated rings. The molecule has 0 saturated heterocycles. The molecular formula is C10H20N2O. The molecule has 0 aromatic rings. The van der Waals surface area contributed by atoms with Gasteiger partial charge in [-0.3, -0.25) is 10.2 Å². The van der Waals surface area contributed by atoms with Gasteiger partial charge in [-0.1, -0.05) is 32.1 Å². The molecule has 1 rings (SSSR count). The van der Waals surface area contributed by atoms with Gasteiger partial charge < -0.3 is 0 Å². The second-order valence-corrected chi connectivity index (χ2v) is 3.84. The average Bonchev–Trinajstić information content (AvgIpc) is 2.17. The first-order valence-corrected chi connectivity index (χ1v) is 5.28. The predicted molar refractivity (Wildman–Crippen MR) is 53.0 cm³/mol. The fraction of sp³-hybridized carbons (Fsp3) is 0.900. The van der Waals surface area contributed by atoms with Crippen LogP contribution in [0.5, 0.6) is 0 Å². The maximum absolute atomic E-state index is 11.1. The highest BCUT2D eigenvalue weighted by Gasteiger charge is 2.14. The van der Waals surface area contributed by atoms with Crippen molar-refractivity contribution in [3.63, 3.8) is 0 Å². The standard InChI is InChI=1S/C10H20N2O/c1-11-12-10(13)8-7-9-5-3-2-4-6-9/h9,11H,2-8H2,1H3,(H,12,13). The van der Waals surface area contributed by atoms with Gasteiger partial charge in [0.1, 0.15) is 0 Å². The van der Waals surface area contributed by atoms with Gasteiger partial charge >= 0.3 is 0 Å². The summed E-state index contributed by atoms with van der Waals surface area (Å²) in [6, 6.07) is 0. The molecule has 13 heavy (non-hydrogen) atoms. The summed E-state index contributed by atoms with van der Waals surface area (Å²) in [4.78, 5) is 11.1. The van der Waals surface area contributed by atoms with E-state index in [1.165, 1.54) is 32.1 Å². The van der Waals surface area contributed by atoms with E-state index < -0.39 is 0 Å². The summed E-state index contributed by atoms with van der Waals surface area (Å²) in [5, 5.41) is 0. The number of nitrogens with one attached hydrogen (secondary N) is 2. The topological polar surface area (TPSA) is 41.1 Å². The van der Waals surface area contributed by atoms with E-state index in [0.717, 1.165) is 12.3 Å². The van der Waals surface area contributed by atoms with Crippen LogP contribution >= 0.6 is 0 Å². The van der Waals surface area contributed by atoms with Gasteiger partial charge in [-0.05, 0) is 12.3 Å². The SMILES string of the molecule is CNNC(=O)CCC1CCCCC1. The van der Waals surface area contributed by atoms with Crippen molar-refractivity contribution in [2.45, 2.75) is 44.9 Å². The Morgan fingerprint density at radius 1 is 1.31 bits per heavy atom. The number of carbonyl (C=O) groups excluding carboxylic acids is 1. The molecule has 0 bridgehead atoms. The lowest BCUT2D eigenvalue weighted by molar-refractivity contribution is -0.122. The van der Waals surface area contributed by atoms with Crippen LogP contribution < -0.4 is 10.9 Å². The molecule has 0 spiro atoms. The molecule has 76 valence electrons. The van der Waals surface area contributed by atoms with Gasteiger partial charge in [0.05, 0.1) is 0 Å². The Labute approximate surface area is 80.2 Å². The summed E-state index contributed by atoms with van der Waals surface area (Å²) >= 11 is 0. The van der Waals surface area contributed by atoms with E-state index in [1.54, 1.807) is 7.05 Å². The Kier molecular flexibility index (Phi) is 4.83. The molecule has 3 nitrogen and oxygen atoms in total. The minimum atomic E-state index is 0.119. The number of hydrogen-bond acceptors (Lipinski definition) is 2. The molecule has 0 radical (unpaired) electrons. The quantitative estimate of drug-likeness (QED) is 0.652. The summed E-state index contributed by atoms with van der Waals surface area (Å²) in [6.45, 7) is 0. The summed E-state index contributed by atoms with van der Waals surface area (Å²) in [7, 11) is 1.72. The molecular weight excluding hydrogens is 164 g/mol. The van der Waals surface area contributed by atoms with E-state index in [9.17, 15) is 4.79 Å². The number of carbonyl (C=O) groups is 1. The highest BCUT2D eigenvalue weighted by Crippen LogP contribution is 2.26. The third kappa shape index (κ3) is 4.27. The molecule has 1 saturated carbocycles. The molecule has 3 heteroatoms. The first-order valence-electron chi connectivity index (χ1n) is 5.28. The summed E-state index contributed by atoms with van der Waals surface area (Å²) in [6.07, 6.45) is 8.49. The lowest BCUT2D eigenvalue weighted by Crippen LogP contribution is -2.34. The zero-order chi connectivity index (χ0) is 9.52. The Hall–Kier alpha value is -0.570. The van der Waals surface area contributed by atoms with Crippen LogP contribution in [0.15, 0.2) is 0 Å². The molecule has 0 heterocycles. The first-order chi connectivity index (χ1) is 6.33. The van der Waals surface area contributed by atoms with Crippen molar-refractivity contribution >= 4 is 5.91 Å². The van der Waals surface area contributed by atoms with Crippen molar-refractivity contribution < 1.29 is 4.79 Å². The Balaban J connectivity index is 2.06. The van der Waals surface area contributed by atoms with E-state index in [2.05, 4.69) is 10.9 Å². The summed E-state index contributed by atoms with van der Waals surface area (Å²) in [5.74, 6) is 0.921. The maximum Gasteiger partial charge on any atom is 0.234 e. The molecule has 1 amide bonds. The van der Waals surface area contributed by atoms with Crippen LogP contribution in [0.25, 0.3) is 0 Å². The Morgan fingerprint density at radius 3 is 2.62 bits per heavy atom. The van der Waals surface area contributed by atoms with Gasteiger partial charge in [0, 0.05) is 13.5 Å². The van der Waals surface area contributed by atoms with Crippen molar-refractivity contribution in [3.05, 3.63) is 0 Å². The molecule has 1 aliphatic carbocycles. The maximum atomic E-state index is 11.1. The molecule has 0 aromatic carbocycles. The number of rotatable bonds is 4. The zero-order valence-electron chi connectivity index (χ0n) is 8.44. The van der Waals surface area contributed by atoms with E-state index in [4.69, 9.17) is 0 Å². The van der Waals surface area contributed by atoms with E-state index in [-0.39, 0.29) is 5.91 Å². The lowest BCUT2D eigenvalue weighted by atomic mass is 9.86. The van der Waals surface area contributed by atoms with Gasteiger partial charge in [-0.15, -0.1) is 0 Å². The molecule has 0 atom stereocenters. The third-order valence-corrected chi connectivity index (χ3v) is 2.77. The molecule has 0 aliphatic heterocycles. The van der Waals surface area contributed by atoms with Crippen LogP contribution in [0.4, 0.5) is 0 Å². The van der Waals surface area contributed by atoms with Crippen LogP contribution in [0, 0.1) is 5.92 Å². The van der Waals surface area contributed by atoms with Crippen molar-refractivity contribution in [3.8, 4) is 0 Å². The Morgan fingerprint density at radius 2 is 2.00 bits per heavy atom. The van der Waals surface area contributed by atoms with Crippen molar-refractivity contribution in [1.29, 1.82) is 0 Å². The van der Waals surface area contributed by atoms with E-state index >= 15 is 0 Å². The molecule has 1 aliphatic rings. The predicted octanol–water partition coefficient (Wildman–Crippen LogP) is 1.60. The minimum Gasteiger partial charge on any atom is -0.292 e. The average molecular weight is 184 g/mol. The van der Waals surface area contributed by atoms with Crippen LogP contribution in [-0.2, 0) is 4.79 Å². The third-order valence-electron chi connectivity index (χ3n) is 2.77. The fourth-order valence-corrected chi connectivity index (χ4v) is 2.01. The van der Waals surface area contributed by atoms with Crippen LogP contribution in [0.2, 0.25) is 0 Å².